The van der Waals surface area contributed by atoms with Gasteiger partial charge in [0.25, 0.3) is 0 Å². The first-order chi connectivity index (χ1) is 6.95. The summed E-state index contributed by atoms with van der Waals surface area (Å²) in [4.78, 5) is 4.21. The van der Waals surface area contributed by atoms with E-state index in [2.05, 4.69) is 15.7 Å². The van der Waals surface area contributed by atoms with Gasteiger partial charge in [0.15, 0.2) is 0 Å². The number of aromatic nitrogens is 1. The van der Waals surface area contributed by atoms with Crippen molar-refractivity contribution in [3.8, 4) is 0 Å². The molecule has 74 valence electrons. The fraction of sp³-hybridized carbons (Fsp3) is 0.300. The van der Waals surface area contributed by atoms with Crippen LogP contribution in [0.4, 0.5) is 0 Å². The SMILES string of the molecule is c1cc(CNCCc2cscn2)co1. The average molecular weight is 208 g/mol. The maximum absolute atomic E-state index is 4.97. The standard InChI is InChI=1S/C10H12N2OS/c1(10-7-14-8-12-10)3-11-5-9-2-4-13-6-9/h2,4,6-8,11H,1,3,5H2. The summed E-state index contributed by atoms with van der Waals surface area (Å²) in [7, 11) is 0. The van der Waals surface area contributed by atoms with Crippen LogP contribution >= 0.6 is 11.3 Å². The van der Waals surface area contributed by atoms with Crippen LogP contribution in [0.5, 0.6) is 0 Å². The van der Waals surface area contributed by atoms with E-state index in [-0.39, 0.29) is 0 Å². The molecule has 2 heterocycles. The van der Waals surface area contributed by atoms with E-state index in [0.29, 0.717) is 0 Å². The molecule has 0 spiro atoms. The summed E-state index contributed by atoms with van der Waals surface area (Å²) in [5.74, 6) is 0. The molecule has 0 unspecified atom stereocenters. The molecule has 0 saturated carbocycles. The van der Waals surface area contributed by atoms with E-state index in [9.17, 15) is 0 Å². The molecule has 3 nitrogen and oxygen atoms in total. The third-order valence-electron chi connectivity index (χ3n) is 1.95. The van der Waals surface area contributed by atoms with Crippen molar-refractivity contribution in [1.29, 1.82) is 0 Å². The Bertz CT molecular complexity index is 306. The van der Waals surface area contributed by atoms with Gasteiger partial charge in [0, 0.05) is 30.5 Å². The normalized spacial score (nSPS) is 10.6. The fourth-order valence-corrected chi connectivity index (χ4v) is 1.80. The molecule has 2 aromatic rings. The van der Waals surface area contributed by atoms with E-state index in [1.54, 1.807) is 23.9 Å². The summed E-state index contributed by atoms with van der Waals surface area (Å²) >= 11 is 1.64. The van der Waals surface area contributed by atoms with E-state index in [1.165, 1.54) is 5.56 Å². The second-order valence-electron chi connectivity index (χ2n) is 3.04. The quantitative estimate of drug-likeness (QED) is 0.764. The molecule has 4 heteroatoms. The molecule has 0 aliphatic heterocycles. The Morgan fingerprint density at radius 1 is 1.50 bits per heavy atom. The number of hydrogen-bond donors (Lipinski definition) is 1. The number of nitrogens with one attached hydrogen (secondary N) is 1. The molecular weight excluding hydrogens is 196 g/mol. The van der Waals surface area contributed by atoms with E-state index in [4.69, 9.17) is 4.42 Å². The highest BCUT2D eigenvalue weighted by molar-refractivity contribution is 7.07. The van der Waals surface area contributed by atoms with Crippen molar-refractivity contribution >= 4 is 11.3 Å². The van der Waals surface area contributed by atoms with E-state index < -0.39 is 0 Å². The first-order valence-corrected chi connectivity index (χ1v) is 5.48. The van der Waals surface area contributed by atoms with Gasteiger partial charge in [-0.2, -0.15) is 0 Å². The Morgan fingerprint density at radius 2 is 2.50 bits per heavy atom. The topological polar surface area (TPSA) is 38.1 Å². The summed E-state index contributed by atoms with van der Waals surface area (Å²) in [6, 6.07) is 1.97. The van der Waals surface area contributed by atoms with Crippen molar-refractivity contribution in [2.24, 2.45) is 0 Å². The Morgan fingerprint density at radius 3 is 3.21 bits per heavy atom. The second-order valence-corrected chi connectivity index (χ2v) is 3.76. The van der Waals surface area contributed by atoms with Crippen LogP contribution < -0.4 is 5.32 Å². The molecule has 2 aromatic heterocycles. The van der Waals surface area contributed by atoms with Crippen LogP contribution in [0.2, 0.25) is 0 Å². The smallest absolute Gasteiger partial charge is 0.0947 e. The van der Waals surface area contributed by atoms with Crippen LogP contribution in [-0.4, -0.2) is 11.5 Å². The average Bonchev–Trinajstić information content (AvgIpc) is 2.86. The minimum Gasteiger partial charge on any atom is -0.472 e. The number of thiazole rings is 1. The zero-order chi connectivity index (χ0) is 9.64. The Labute approximate surface area is 86.8 Å². The molecular formula is C10H12N2OS. The minimum atomic E-state index is 0.862. The largest absolute Gasteiger partial charge is 0.472 e. The zero-order valence-electron chi connectivity index (χ0n) is 7.77. The lowest BCUT2D eigenvalue weighted by Crippen LogP contribution is -2.16. The number of furan rings is 1. The van der Waals surface area contributed by atoms with Crippen molar-refractivity contribution < 1.29 is 4.42 Å². The highest BCUT2D eigenvalue weighted by atomic mass is 32.1. The predicted octanol–water partition coefficient (Wildman–Crippen LogP) is 2.07. The number of hydrogen-bond acceptors (Lipinski definition) is 4. The van der Waals surface area contributed by atoms with Gasteiger partial charge in [-0.15, -0.1) is 11.3 Å². The highest BCUT2D eigenvalue weighted by Gasteiger charge is 1.95. The Hall–Kier alpha value is -1.13. The minimum absolute atomic E-state index is 0.862. The third-order valence-corrected chi connectivity index (χ3v) is 2.59. The Balaban J connectivity index is 1.65. The molecule has 0 aromatic carbocycles. The molecule has 0 bridgehead atoms. The van der Waals surface area contributed by atoms with Crippen molar-refractivity contribution in [3.63, 3.8) is 0 Å². The van der Waals surface area contributed by atoms with Crippen molar-refractivity contribution in [3.05, 3.63) is 40.7 Å². The summed E-state index contributed by atoms with van der Waals surface area (Å²) in [5.41, 5.74) is 4.21. The molecule has 0 radical (unpaired) electrons. The maximum atomic E-state index is 4.97. The molecule has 0 aliphatic rings. The van der Waals surface area contributed by atoms with Crippen LogP contribution in [0.1, 0.15) is 11.3 Å². The van der Waals surface area contributed by atoms with Gasteiger partial charge in [-0.3, -0.25) is 0 Å². The van der Waals surface area contributed by atoms with E-state index in [1.807, 2.05) is 11.6 Å². The van der Waals surface area contributed by atoms with Gasteiger partial charge in [-0.05, 0) is 6.07 Å². The van der Waals surface area contributed by atoms with Crippen molar-refractivity contribution in [1.82, 2.24) is 10.3 Å². The number of rotatable bonds is 5. The van der Waals surface area contributed by atoms with Gasteiger partial charge in [0.2, 0.25) is 0 Å². The molecule has 0 aliphatic carbocycles. The van der Waals surface area contributed by atoms with Crippen molar-refractivity contribution in [2.45, 2.75) is 13.0 Å². The van der Waals surface area contributed by atoms with Crippen LogP contribution in [0.3, 0.4) is 0 Å². The third kappa shape index (κ3) is 2.68. The second kappa shape index (κ2) is 4.93. The van der Waals surface area contributed by atoms with Gasteiger partial charge < -0.3 is 9.73 Å². The van der Waals surface area contributed by atoms with Crippen LogP contribution in [-0.2, 0) is 13.0 Å². The molecule has 0 fully saturated rings. The monoisotopic (exact) mass is 208 g/mol. The summed E-state index contributed by atoms with van der Waals surface area (Å²) in [5, 5.41) is 5.41. The zero-order valence-corrected chi connectivity index (χ0v) is 8.59. The lowest BCUT2D eigenvalue weighted by atomic mass is 10.3. The van der Waals surface area contributed by atoms with Gasteiger partial charge in [-0.25, -0.2) is 4.98 Å². The molecule has 1 N–H and O–H groups in total. The molecule has 0 atom stereocenters. The van der Waals surface area contributed by atoms with Crippen LogP contribution in [0.15, 0.2) is 33.9 Å². The summed E-state index contributed by atoms with van der Waals surface area (Å²) < 4.78 is 4.97. The molecule has 0 amide bonds. The van der Waals surface area contributed by atoms with E-state index >= 15 is 0 Å². The fourth-order valence-electron chi connectivity index (χ4n) is 1.20. The summed E-state index contributed by atoms with van der Waals surface area (Å²) in [6.45, 7) is 1.82. The highest BCUT2D eigenvalue weighted by Crippen LogP contribution is 2.01. The molecule has 2 rings (SSSR count). The van der Waals surface area contributed by atoms with Gasteiger partial charge in [0.05, 0.1) is 23.7 Å². The van der Waals surface area contributed by atoms with Gasteiger partial charge in [0.1, 0.15) is 0 Å². The maximum Gasteiger partial charge on any atom is 0.0947 e. The van der Waals surface area contributed by atoms with Gasteiger partial charge >= 0.3 is 0 Å². The van der Waals surface area contributed by atoms with E-state index in [0.717, 1.165) is 25.2 Å². The first kappa shape index (κ1) is 9.43. The predicted molar refractivity (Wildman–Crippen MR) is 56.2 cm³/mol. The lowest BCUT2D eigenvalue weighted by Gasteiger charge is -2.00. The van der Waals surface area contributed by atoms with Crippen molar-refractivity contribution in [2.75, 3.05) is 6.54 Å². The van der Waals surface area contributed by atoms with Gasteiger partial charge in [-0.1, -0.05) is 0 Å². The van der Waals surface area contributed by atoms with Crippen LogP contribution in [0.25, 0.3) is 0 Å². The lowest BCUT2D eigenvalue weighted by molar-refractivity contribution is 0.560. The Kier molecular flexibility index (Phi) is 3.32. The summed E-state index contributed by atoms with van der Waals surface area (Å²) in [6.07, 6.45) is 4.44. The molecule has 0 saturated heterocycles. The number of nitrogens with zero attached hydrogens (tertiary/aromatic N) is 1. The molecule has 14 heavy (non-hydrogen) atoms. The van der Waals surface area contributed by atoms with Crippen LogP contribution in [0, 0.1) is 0 Å². The first-order valence-electron chi connectivity index (χ1n) is 4.54.